The molecule has 0 fully saturated rings. The summed E-state index contributed by atoms with van der Waals surface area (Å²) in [5, 5.41) is 26.4. The molecule has 33 heavy (non-hydrogen) atoms. The van der Waals surface area contributed by atoms with E-state index in [1.807, 2.05) is 31.2 Å². The molecule has 0 bridgehead atoms. The maximum Gasteiger partial charge on any atom is 0.236 e. The Bertz CT molecular complexity index is 1350. The van der Waals surface area contributed by atoms with Crippen LogP contribution in [0.4, 0.5) is 20.2 Å². The number of hydrogen-bond donors (Lipinski definition) is 3. The molecule has 1 aliphatic carbocycles. The van der Waals surface area contributed by atoms with Gasteiger partial charge in [0.15, 0.2) is 11.6 Å². The third kappa shape index (κ3) is 3.91. The van der Waals surface area contributed by atoms with Crippen molar-refractivity contribution in [3.8, 4) is 12.1 Å². The van der Waals surface area contributed by atoms with Gasteiger partial charge in [-0.3, -0.25) is 4.79 Å². The first-order chi connectivity index (χ1) is 15.8. The van der Waals surface area contributed by atoms with Crippen LogP contribution in [0.5, 0.6) is 0 Å². The van der Waals surface area contributed by atoms with Crippen molar-refractivity contribution in [3.63, 3.8) is 0 Å². The molecule has 2 aromatic rings. The van der Waals surface area contributed by atoms with Gasteiger partial charge in [0.2, 0.25) is 5.91 Å². The van der Waals surface area contributed by atoms with E-state index in [-0.39, 0.29) is 23.0 Å². The van der Waals surface area contributed by atoms with Crippen molar-refractivity contribution in [1.82, 2.24) is 5.32 Å². The average molecular weight is 465 g/mol. The molecule has 2 aromatic carbocycles. The highest BCUT2D eigenvalue weighted by atomic mass is 35.5. The van der Waals surface area contributed by atoms with Gasteiger partial charge in [-0.05, 0) is 30.7 Å². The number of anilines is 2. The lowest BCUT2D eigenvalue weighted by Crippen LogP contribution is -2.45. The number of carbonyl (C=O) groups excluding carboxylic acids is 1. The van der Waals surface area contributed by atoms with E-state index in [0.29, 0.717) is 0 Å². The monoisotopic (exact) mass is 464 g/mol. The van der Waals surface area contributed by atoms with Gasteiger partial charge in [-0.2, -0.15) is 10.5 Å². The van der Waals surface area contributed by atoms with Crippen LogP contribution < -0.4 is 16.0 Å². The number of benzene rings is 2. The van der Waals surface area contributed by atoms with Crippen LogP contribution in [-0.2, 0) is 4.79 Å². The van der Waals surface area contributed by atoms with E-state index in [0.717, 1.165) is 11.3 Å². The first-order valence-electron chi connectivity index (χ1n) is 9.71. The lowest BCUT2D eigenvalue weighted by atomic mass is 9.88. The summed E-state index contributed by atoms with van der Waals surface area (Å²) in [4.78, 5) is 17.0. The zero-order valence-electron chi connectivity index (χ0n) is 17.1. The molecule has 0 saturated carbocycles. The van der Waals surface area contributed by atoms with Crippen molar-refractivity contribution >= 4 is 35.2 Å². The van der Waals surface area contributed by atoms with Crippen LogP contribution in [-0.4, -0.2) is 18.3 Å². The number of allylic oxidation sites excluding steroid dienone is 1. The molecule has 2 unspecified atom stereocenters. The second-order valence-corrected chi connectivity index (χ2v) is 7.74. The molecule has 10 heteroatoms. The first kappa shape index (κ1) is 22.0. The molecule has 2 atom stereocenters. The maximum absolute atomic E-state index is 14.5. The van der Waals surface area contributed by atoms with E-state index in [1.54, 1.807) is 18.2 Å². The summed E-state index contributed by atoms with van der Waals surface area (Å²) >= 11 is 6.02. The number of nitriles is 2. The van der Waals surface area contributed by atoms with Gasteiger partial charge < -0.3 is 16.0 Å². The van der Waals surface area contributed by atoms with E-state index < -0.39 is 39.7 Å². The summed E-state index contributed by atoms with van der Waals surface area (Å²) in [6.07, 6.45) is 4.50. The number of amides is 1. The Kier molecular flexibility index (Phi) is 5.82. The lowest BCUT2D eigenvalue weighted by molar-refractivity contribution is -0.122. The SMILES string of the molecule is Cc1cccc(NC2C=CC(Nc3c(Cl)c(F)c(C#N)c(F)c3C#N)=C3N=CNC(=O)C32)c1. The largest absolute Gasteiger partial charge is 0.378 e. The Morgan fingerprint density at radius 2 is 1.94 bits per heavy atom. The van der Waals surface area contributed by atoms with Gasteiger partial charge in [-0.25, -0.2) is 13.8 Å². The number of nitrogens with zero attached hydrogens (tertiary/aromatic N) is 3. The Morgan fingerprint density at radius 3 is 2.64 bits per heavy atom. The molecule has 1 aliphatic heterocycles. The minimum atomic E-state index is -1.32. The first-order valence-corrected chi connectivity index (χ1v) is 10.1. The second kappa shape index (κ2) is 8.73. The summed E-state index contributed by atoms with van der Waals surface area (Å²) < 4.78 is 29.0. The third-order valence-corrected chi connectivity index (χ3v) is 5.60. The van der Waals surface area contributed by atoms with Crippen LogP contribution in [0.25, 0.3) is 0 Å². The molecule has 4 rings (SSSR count). The van der Waals surface area contributed by atoms with Gasteiger partial charge in [0.25, 0.3) is 0 Å². The van der Waals surface area contributed by atoms with Crippen LogP contribution in [0, 0.1) is 47.1 Å². The molecule has 0 saturated heterocycles. The van der Waals surface area contributed by atoms with Gasteiger partial charge in [-0.1, -0.05) is 29.8 Å². The summed E-state index contributed by atoms with van der Waals surface area (Å²) in [5.74, 6) is -3.72. The average Bonchev–Trinajstić information content (AvgIpc) is 2.79. The highest BCUT2D eigenvalue weighted by Crippen LogP contribution is 2.37. The quantitative estimate of drug-likeness (QED) is 0.589. The minimum absolute atomic E-state index is 0.232. The van der Waals surface area contributed by atoms with Gasteiger partial charge in [0, 0.05) is 5.69 Å². The van der Waals surface area contributed by atoms with Crippen molar-refractivity contribution in [2.24, 2.45) is 10.9 Å². The molecule has 1 amide bonds. The summed E-state index contributed by atoms with van der Waals surface area (Å²) in [7, 11) is 0. The highest BCUT2D eigenvalue weighted by Gasteiger charge is 2.37. The van der Waals surface area contributed by atoms with Crippen LogP contribution in [0.2, 0.25) is 5.02 Å². The topological polar surface area (TPSA) is 113 Å². The number of fused-ring (bicyclic) bond motifs is 1. The minimum Gasteiger partial charge on any atom is -0.378 e. The van der Waals surface area contributed by atoms with Crippen molar-refractivity contribution in [1.29, 1.82) is 10.5 Å². The van der Waals surface area contributed by atoms with Crippen LogP contribution in [0.15, 0.2) is 52.8 Å². The molecule has 3 N–H and O–H groups in total. The number of nitrogens with one attached hydrogen (secondary N) is 3. The van der Waals surface area contributed by atoms with Crippen molar-refractivity contribution < 1.29 is 13.6 Å². The van der Waals surface area contributed by atoms with Crippen molar-refractivity contribution in [2.45, 2.75) is 13.0 Å². The van der Waals surface area contributed by atoms with E-state index in [4.69, 9.17) is 16.9 Å². The Balaban J connectivity index is 1.76. The summed E-state index contributed by atoms with van der Waals surface area (Å²) in [6, 6.07) is 10.1. The lowest BCUT2D eigenvalue weighted by Gasteiger charge is -2.32. The van der Waals surface area contributed by atoms with Crippen LogP contribution in [0.3, 0.4) is 0 Å². The fraction of sp³-hybridized carbons (Fsp3) is 0.130. The Hall–Kier alpha value is -4.21. The van der Waals surface area contributed by atoms with Gasteiger partial charge in [0.1, 0.15) is 34.2 Å². The van der Waals surface area contributed by atoms with E-state index in [9.17, 15) is 18.8 Å². The fourth-order valence-corrected chi connectivity index (χ4v) is 3.94. The predicted octanol–water partition coefficient (Wildman–Crippen LogP) is 4.12. The van der Waals surface area contributed by atoms with Crippen molar-refractivity contribution in [3.05, 3.63) is 81.2 Å². The molecule has 0 aromatic heterocycles. The smallest absolute Gasteiger partial charge is 0.236 e. The number of carbonyl (C=O) groups is 1. The Morgan fingerprint density at radius 1 is 1.18 bits per heavy atom. The maximum atomic E-state index is 14.5. The standard InChI is InChI=1S/C23H15ClF2N6O/c1-11-3-2-4-12(7-11)31-15-5-6-16(22-17(15)23(33)30-10-29-22)32-21-14(9-28)19(25)13(8-27)20(26)18(21)24/h2-7,10,15,17,31-32H,1H3,(H,29,30,33). The number of aliphatic imine (C=N–C) groups is 1. The second-order valence-electron chi connectivity index (χ2n) is 7.36. The molecule has 0 radical (unpaired) electrons. The summed E-state index contributed by atoms with van der Waals surface area (Å²) in [6.45, 7) is 1.94. The molecular formula is C23H15ClF2N6O. The number of rotatable bonds is 4. The van der Waals surface area contributed by atoms with Crippen molar-refractivity contribution in [2.75, 3.05) is 10.6 Å². The van der Waals surface area contributed by atoms with Crippen LogP contribution >= 0.6 is 11.6 Å². The Labute approximate surface area is 192 Å². The third-order valence-electron chi connectivity index (χ3n) is 5.25. The predicted molar refractivity (Wildman–Crippen MR) is 119 cm³/mol. The number of halogens is 3. The van der Waals surface area contributed by atoms with Gasteiger partial charge in [-0.15, -0.1) is 0 Å². The molecular weight excluding hydrogens is 450 g/mol. The molecule has 2 aliphatic rings. The normalized spacial score (nSPS) is 18.8. The number of hydrogen-bond acceptors (Lipinski definition) is 6. The molecule has 1 heterocycles. The fourth-order valence-electron chi connectivity index (χ4n) is 3.71. The zero-order valence-corrected chi connectivity index (χ0v) is 17.8. The summed E-state index contributed by atoms with van der Waals surface area (Å²) in [5.41, 5.74) is 0.424. The molecule has 0 spiro atoms. The van der Waals surface area contributed by atoms with E-state index in [2.05, 4.69) is 20.9 Å². The van der Waals surface area contributed by atoms with E-state index >= 15 is 0 Å². The molecule has 7 nitrogen and oxygen atoms in total. The number of aryl methyl sites for hydroxylation is 1. The van der Waals surface area contributed by atoms with Gasteiger partial charge in [0.05, 0.1) is 29.5 Å². The molecule has 164 valence electrons. The zero-order chi connectivity index (χ0) is 23.7. The van der Waals surface area contributed by atoms with Gasteiger partial charge >= 0.3 is 0 Å². The highest BCUT2D eigenvalue weighted by molar-refractivity contribution is 6.34. The van der Waals surface area contributed by atoms with Crippen LogP contribution in [0.1, 0.15) is 16.7 Å². The van der Waals surface area contributed by atoms with E-state index in [1.165, 1.54) is 12.4 Å².